The van der Waals surface area contributed by atoms with Crippen LogP contribution in [-0.2, 0) is 14.4 Å². The topological polar surface area (TPSA) is 51.2 Å². The van der Waals surface area contributed by atoms with Crippen molar-refractivity contribution in [3.8, 4) is 11.1 Å². The van der Waals surface area contributed by atoms with Gasteiger partial charge < -0.3 is 4.57 Å². The van der Waals surface area contributed by atoms with Crippen LogP contribution < -0.4 is 15.9 Å². The molecule has 0 N–H and O–H groups in total. The largest absolute Gasteiger partial charge is 0.309 e. The van der Waals surface area contributed by atoms with Crippen molar-refractivity contribution in [2.75, 3.05) is 0 Å². The predicted molar refractivity (Wildman–Crippen MR) is 175 cm³/mol. The first-order chi connectivity index (χ1) is 20.2. The van der Waals surface area contributed by atoms with Gasteiger partial charge in [-0.05, 0) is 83.6 Å². The number of fused-ring (bicyclic) bond motifs is 1. The van der Waals surface area contributed by atoms with E-state index in [4.69, 9.17) is 0 Å². The molecule has 0 spiro atoms. The number of sulfone groups is 1. The third kappa shape index (κ3) is 4.81. The summed E-state index contributed by atoms with van der Waals surface area (Å²) in [6.07, 6.45) is 0. The minimum atomic E-state index is -3.70. The molecule has 0 bridgehead atoms. The summed E-state index contributed by atoms with van der Waals surface area (Å²) in [6.45, 7) is 5.62. The molecule has 0 heterocycles. The Balaban J connectivity index is 1.43. The Bertz CT molecular complexity index is 2060. The van der Waals surface area contributed by atoms with Crippen LogP contribution in [-0.4, -0.2) is 8.42 Å². The molecule has 0 aliphatic carbocycles. The molecule has 6 aromatic carbocycles. The first-order valence-electron chi connectivity index (χ1n) is 13.9. The van der Waals surface area contributed by atoms with Crippen molar-refractivity contribution in [3.05, 3.63) is 150 Å². The van der Waals surface area contributed by atoms with Gasteiger partial charge in [0.25, 0.3) is 0 Å². The monoisotopic (exact) mass is 586 g/mol. The summed E-state index contributed by atoms with van der Waals surface area (Å²) < 4.78 is 42.3. The smallest absolute Gasteiger partial charge is 0.207 e. The molecule has 0 amide bonds. The molecule has 0 saturated carbocycles. The van der Waals surface area contributed by atoms with Crippen LogP contribution in [0.4, 0.5) is 0 Å². The van der Waals surface area contributed by atoms with E-state index in [1.807, 2.05) is 130 Å². The lowest BCUT2D eigenvalue weighted by Gasteiger charge is -2.20. The highest BCUT2D eigenvalue weighted by atomic mass is 32.2. The summed E-state index contributed by atoms with van der Waals surface area (Å²) in [6, 6.07) is 42.4. The molecule has 6 rings (SSSR count). The normalized spacial score (nSPS) is 12.0. The second kappa shape index (κ2) is 10.9. The number of hydrogen-bond donors (Lipinski definition) is 0. The average molecular weight is 587 g/mol. The highest BCUT2D eigenvalue weighted by molar-refractivity contribution is 7.91. The van der Waals surface area contributed by atoms with E-state index >= 15 is 0 Å². The molecule has 6 aromatic rings. The Morgan fingerprint density at radius 3 is 1.71 bits per heavy atom. The van der Waals surface area contributed by atoms with Crippen molar-refractivity contribution in [2.45, 2.75) is 30.6 Å². The number of rotatable bonds is 6. The van der Waals surface area contributed by atoms with Crippen LogP contribution in [0.2, 0.25) is 0 Å². The first-order valence-corrected chi connectivity index (χ1v) is 17.1. The van der Waals surface area contributed by atoms with Gasteiger partial charge >= 0.3 is 0 Å². The lowest BCUT2D eigenvalue weighted by Crippen LogP contribution is -2.24. The number of benzene rings is 6. The summed E-state index contributed by atoms with van der Waals surface area (Å²) in [5.41, 5.74) is 4.18. The van der Waals surface area contributed by atoms with Gasteiger partial charge in [0.15, 0.2) is 7.14 Å². The van der Waals surface area contributed by atoms with Gasteiger partial charge in [-0.1, -0.05) is 109 Å². The van der Waals surface area contributed by atoms with Crippen LogP contribution in [0.15, 0.2) is 143 Å². The minimum absolute atomic E-state index is 0.316. The first kappa shape index (κ1) is 27.9. The van der Waals surface area contributed by atoms with E-state index < -0.39 is 17.0 Å². The summed E-state index contributed by atoms with van der Waals surface area (Å²) in [5, 5.41) is 4.33. The maximum atomic E-state index is 14.8. The molecule has 0 saturated heterocycles. The van der Waals surface area contributed by atoms with E-state index in [9.17, 15) is 13.0 Å². The molecule has 3 nitrogen and oxygen atoms in total. The van der Waals surface area contributed by atoms with Crippen molar-refractivity contribution in [3.63, 3.8) is 0 Å². The quantitative estimate of drug-likeness (QED) is 0.187. The summed E-state index contributed by atoms with van der Waals surface area (Å²) >= 11 is 0. The van der Waals surface area contributed by atoms with Crippen molar-refractivity contribution in [1.82, 2.24) is 0 Å². The van der Waals surface area contributed by atoms with Crippen molar-refractivity contribution in [2.24, 2.45) is 0 Å². The number of hydrogen-bond acceptors (Lipinski definition) is 3. The minimum Gasteiger partial charge on any atom is -0.309 e. The van der Waals surface area contributed by atoms with Crippen LogP contribution in [0.5, 0.6) is 0 Å². The Hall–Kier alpha value is -4.24. The third-order valence-electron chi connectivity index (χ3n) is 8.08. The number of aryl methyl sites for hydroxylation is 2. The molecular formula is C37H31O3PS. The molecule has 0 aromatic heterocycles. The SMILES string of the molecule is Cc1ccc(-c2ccc3cc(P(=O)(c4ccccc4)c4ccccc4)ccc3c2)cc1S(=O)(=O)c1cccc(C)c1C. The standard InChI is InChI=1S/C37H31O3PS/c1-26-11-10-16-36(28(26)3)42(39,40)37-25-32(18-17-27(37)2)29-19-20-31-24-35(22-21-30(31)23-29)41(38,33-12-6-4-7-13-33)34-14-8-5-9-15-34/h4-25H,1-3H3. The summed E-state index contributed by atoms with van der Waals surface area (Å²) in [7, 11) is -6.79. The Kier molecular flexibility index (Phi) is 7.22. The summed E-state index contributed by atoms with van der Waals surface area (Å²) in [4.78, 5) is 0.658. The van der Waals surface area contributed by atoms with Crippen LogP contribution >= 0.6 is 7.14 Å². The molecule has 0 fully saturated rings. The summed E-state index contributed by atoms with van der Waals surface area (Å²) in [5.74, 6) is 0. The molecule has 42 heavy (non-hydrogen) atoms. The van der Waals surface area contributed by atoms with Crippen LogP contribution in [0.25, 0.3) is 21.9 Å². The van der Waals surface area contributed by atoms with Crippen LogP contribution in [0.3, 0.4) is 0 Å². The Labute approximate surface area is 247 Å². The van der Waals surface area contributed by atoms with E-state index in [1.165, 1.54) is 0 Å². The molecule has 0 unspecified atom stereocenters. The molecule has 0 aliphatic heterocycles. The second-order valence-electron chi connectivity index (χ2n) is 10.7. The maximum absolute atomic E-state index is 14.8. The van der Waals surface area contributed by atoms with Gasteiger partial charge in [0, 0.05) is 15.9 Å². The molecule has 0 aliphatic rings. The fourth-order valence-corrected chi connectivity index (χ4v) is 10.1. The lowest BCUT2D eigenvalue weighted by atomic mass is 10.0. The van der Waals surface area contributed by atoms with E-state index in [1.54, 1.807) is 18.2 Å². The van der Waals surface area contributed by atoms with Crippen molar-refractivity contribution < 1.29 is 13.0 Å². The van der Waals surface area contributed by atoms with Gasteiger partial charge in [-0.15, -0.1) is 0 Å². The second-order valence-corrected chi connectivity index (χ2v) is 15.4. The Morgan fingerprint density at radius 1 is 0.476 bits per heavy atom. The highest BCUT2D eigenvalue weighted by Gasteiger charge is 2.29. The predicted octanol–water partition coefficient (Wildman–Crippen LogP) is 7.90. The molecule has 0 atom stereocenters. The van der Waals surface area contributed by atoms with E-state index in [-0.39, 0.29) is 0 Å². The molecule has 208 valence electrons. The Morgan fingerprint density at radius 2 is 1.05 bits per heavy atom. The molecular weight excluding hydrogens is 555 g/mol. The molecule has 5 heteroatoms. The third-order valence-corrected chi connectivity index (χ3v) is 13.2. The van der Waals surface area contributed by atoms with E-state index in [0.29, 0.717) is 15.4 Å². The highest BCUT2D eigenvalue weighted by Crippen LogP contribution is 2.43. The van der Waals surface area contributed by atoms with Crippen LogP contribution in [0.1, 0.15) is 16.7 Å². The van der Waals surface area contributed by atoms with Gasteiger partial charge in [0.05, 0.1) is 9.79 Å². The maximum Gasteiger partial charge on any atom is 0.207 e. The zero-order chi connectivity index (χ0) is 29.5. The zero-order valence-electron chi connectivity index (χ0n) is 23.8. The van der Waals surface area contributed by atoms with E-state index in [2.05, 4.69) is 6.07 Å². The fraction of sp³-hybridized carbons (Fsp3) is 0.0811. The van der Waals surface area contributed by atoms with Crippen molar-refractivity contribution >= 4 is 43.7 Å². The van der Waals surface area contributed by atoms with Gasteiger partial charge in [-0.2, -0.15) is 0 Å². The lowest BCUT2D eigenvalue weighted by molar-refractivity contribution is 0.592. The van der Waals surface area contributed by atoms with Crippen LogP contribution in [0, 0.1) is 20.8 Å². The fourth-order valence-electron chi connectivity index (χ4n) is 5.53. The van der Waals surface area contributed by atoms with E-state index in [0.717, 1.165) is 48.9 Å². The average Bonchev–Trinajstić information content (AvgIpc) is 3.02. The molecule has 0 radical (unpaired) electrons. The van der Waals surface area contributed by atoms with Gasteiger partial charge in [-0.3, -0.25) is 0 Å². The zero-order valence-corrected chi connectivity index (χ0v) is 25.5. The van der Waals surface area contributed by atoms with Gasteiger partial charge in [0.1, 0.15) is 0 Å². The van der Waals surface area contributed by atoms with Crippen molar-refractivity contribution in [1.29, 1.82) is 0 Å². The van der Waals surface area contributed by atoms with Gasteiger partial charge in [-0.25, -0.2) is 8.42 Å². The van der Waals surface area contributed by atoms with Gasteiger partial charge in [0.2, 0.25) is 9.84 Å².